The first-order valence-corrected chi connectivity index (χ1v) is 11.1. The summed E-state index contributed by atoms with van der Waals surface area (Å²) in [4.78, 5) is 26.1. The lowest BCUT2D eigenvalue weighted by molar-refractivity contribution is -0.123. The van der Waals surface area contributed by atoms with E-state index >= 15 is 0 Å². The van der Waals surface area contributed by atoms with Gasteiger partial charge in [0.2, 0.25) is 11.8 Å². The number of carbonyl (C=O) groups excluding carboxylic acids is 2. The maximum Gasteiger partial charge on any atom is 0.247 e. The van der Waals surface area contributed by atoms with E-state index in [-0.39, 0.29) is 24.3 Å². The lowest BCUT2D eigenvalue weighted by atomic mass is 9.95. The van der Waals surface area contributed by atoms with Crippen LogP contribution in [0.5, 0.6) is 0 Å². The van der Waals surface area contributed by atoms with Crippen LogP contribution in [0, 0.1) is 6.92 Å². The molecule has 2 amide bonds. The van der Waals surface area contributed by atoms with E-state index in [0.29, 0.717) is 31.8 Å². The predicted octanol–water partition coefficient (Wildman–Crippen LogP) is 2.78. The summed E-state index contributed by atoms with van der Waals surface area (Å²) in [7, 11) is 0. The van der Waals surface area contributed by atoms with E-state index in [2.05, 4.69) is 16.0 Å². The number of benzene rings is 1. The number of thiophene rings is 1. The molecule has 1 aromatic carbocycles. The first-order valence-electron chi connectivity index (χ1n) is 9.88. The van der Waals surface area contributed by atoms with Crippen molar-refractivity contribution < 1.29 is 9.59 Å². The predicted molar refractivity (Wildman–Crippen MR) is 121 cm³/mol. The molecule has 1 aliphatic rings. The van der Waals surface area contributed by atoms with Crippen LogP contribution in [0.3, 0.4) is 0 Å². The van der Waals surface area contributed by atoms with Gasteiger partial charge in [-0.25, -0.2) is 0 Å². The zero-order valence-electron chi connectivity index (χ0n) is 17.2. The third kappa shape index (κ3) is 5.70. The molecule has 1 aliphatic heterocycles. The molecule has 2 heterocycles. The van der Waals surface area contributed by atoms with Crippen molar-refractivity contribution in [2.75, 3.05) is 6.54 Å². The van der Waals surface area contributed by atoms with Gasteiger partial charge in [0.25, 0.3) is 0 Å². The number of rotatable bonds is 8. The second-order valence-electron chi connectivity index (χ2n) is 7.44. The van der Waals surface area contributed by atoms with Gasteiger partial charge < -0.3 is 21.7 Å². The molecule has 30 heavy (non-hydrogen) atoms. The van der Waals surface area contributed by atoms with Crippen molar-refractivity contribution in [3.8, 4) is 0 Å². The molecule has 0 spiro atoms. The molecule has 8 heteroatoms. The fraction of sp³-hybridized carbons (Fsp3) is 0.364. The zero-order chi connectivity index (χ0) is 21.7. The molecule has 0 fully saturated rings. The summed E-state index contributed by atoms with van der Waals surface area (Å²) in [5, 5.41) is 9.24. The minimum absolute atomic E-state index is 0.0213. The van der Waals surface area contributed by atoms with Gasteiger partial charge in [-0.15, -0.1) is 11.3 Å². The van der Waals surface area contributed by atoms with Gasteiger partial charge in [0.1, 0.15) is 0 Å². The molecule has 160 valence electrons. The normalized spacial score (nSPS) is 16.5. The molecule has 0 saturated heterocycles. The minimum Gasteiger partial charge on any atom is -0.352 e. The maximum atomic E-state index is 12.6. The summed E-state index contributed by atoms with van der Waals surface area (Å²) in [5.74, 6) is -0.368. The Bertz CT molecular complexity index is 970. The molecule has 1 aromatic heterocycles. The number of nitrogens with two attached hydrogens (primary N) is 1. The number of hydrogen-bond donors (Lipinski definition) is 4. The fourth-order valence-electron chi connectivity index (χ4n) is 3.49. The fourth-order valence-corrected chi connectivity index (χ4v) is 4.53. The van der Waals surface area contributed by atoms with Gasteiger partial charge in [-0.3, -0.25) is 9.59 Å². The monoisotopic (exact) mass is 446 g/mol. The number of nitrogens with one attached hydrogen (secondary N) is 3. The van der Waals surface area contributed by atoms with Crippen LogP contribution in [0.1, 0.15) is 34.9 Å². The van der Waals surface area contributed by atoms with Crippen LogP contribution < -0.4 is 21.7 Å². The van der Waals surface area contributed by atoms with E-state index < -0.39 is 0 Å². The highest BCUT2D eigenvalue weighted by Crippen LogP contribution is 2.22. The Hall–Kier alpha value is -2.19. The van der Waals surface area contributed by atoms with E-state index in [4.69, 9.17) is 17.3 Å². The van der Waals surface area contributed by atoms with E-state index in [9.17, 15) is 9.59 Å². The van der Waals surface area contributed by atoms with E-state index in [1.54, 1.807) is 0 Å². The van der Waals surface area contributed by atoms with Gasteiger partial charge in [-0.05, 0) is 42.7 Å². The van der Waals surface area contributed by atoms with E-state index in [1.807, 2.05) is 44.2 Å². The zero-order valence-corrected chi connectivity index (χ0v) is 18.8. The molecule has 2 aromatic rings. The summed E-state index contributed by atoms with van der Waals surface area (Å²) in [6.07, 6.45) is 0.0461. The highest BCUT2D eigenvalue weighted by molar-refractivity contribution is 7.16. The Morgan fingerprint density at radius 1 is 1.23 bits per heavy atom. The summed E-state index contributed by atoms with van der Waals surface area (Å²) in [6, 6.07) is 9.84. The Morgan fingerprint density at radius 3 is 2.73 bits per heavy atom. The minimum atomic E-state index is -0.185. The third-order valence-corrected chi connectivity index (χ3v) is 6.52. The van der Waals surface area contributed by atoms with Crippen LogP contribution in [0.4, 0.5) is 0 Å². The van der Waals surface area contributed by atoms with E-state index in [1.165, 1.54) is 11.3 Å². The van der Waals surface area contributed by atoms with Crippen molar-refractivity contribution >= 4 is 34.8 Å². The first-order chi connectivity index (χ1) is 14.4. The van der Waals surface area contributed by atoms with Crippen molar-refractivity contribution in [3.63, 3.8) is 0 Å². The van der Waals surface area contributed by atoms with E-state index in [0.717, 1.165) is 31.5 Å². The lowest BCUT2D eigenvalue weighted by Crippen LogP contribution is -2.47. The SMILES string of the molecule is CC1=C(CC(=O)NCc2cc(C)ccc2CN)C(=O)NCC1NCc1ccc(Cl)s1. The number of carbonyl (C=O) groups is 2. The average Bonchev–Trinajstić information content (AvgIpc) is 3.14. The van der Waals surface area contributed by atoms with Crippen molar-refractivity contribution in [2.24, 2.45) is 5.73 Å². The molecule has 0 bridgehead atoms. The molecule has 1 atom stereocenters. The topological polar surface area (TPSA) is 96.2 Å². The van der Waals surface area contributed by atoms with Gasteiger partial charge in [-0.2, -0.15) is 0 Å². The molecule has 1 unspecified atom stereocenters. The number of hydrogen-bond acceptors (Lipinski definition) is 5. The second kappa shape index (κ2) is 10.2. The quantitative estimate of drug-likeness (QED) is 0.501. The Morgan fingerprint density at radius 2 is 2.03 bits per heavy atom. The second-order valence-corrected chi connectivity index (χ2v) is 9.24. The molecule has 6 nitrogen and oxygen atoms in total. The summed E-state index contributed by atoms with van der Waals surface area (Å²) < 4.78 is 0.750. The summed E-state index contributed by atoms with van der Waals surface area (Å²) in [5.41, 5.74) is 10.3. The third-order valence-electron chi connectivity index (χ3n) is 5.29. The largest absolute Gasteiger partial charge is 0.352 e. The molecular formula is C22H27ClN4O2S. The number of halogens is 1. The summed E-state index contributed by atoms with van der Waals surface area (Å²) in [6.45, 7) is 5.88. The molecular weight excluding hydrogens is 420 g/mol. The smallest absolute Gasteiger partial charge is 0.247 e. The Kier molecular flexibility index (Phi) is 7.66. The van der Waals surface area contributed by atoms with Crippen LogP contribution in [-0.2, 0) is 29.2 Å². The Labute approximate surface area is 185 Å². The van der Waals surface area contributed by atoms with Gasteiger partial charge >= 0.3 is 0 Å². The van der Waals surface area contributed by atoms with Gasteiger partial charge in [0.15, 0.2) is 0 Å². The first kappa shape index (κ1) is 22.5. The lowest BCUT2D eigenvalue weighted by Gasteiger charge is -2.27. The van der Waals surface area contributed by atoms with Gasteiger partial charge in [0, 0.05) is 42.7 Å². The van der Waals surface area contributed by atoms with Crippen molar-refractivity contribution in [3.05, 3.63) is 67.4 Å². The van der Waals surface area contributed by atoms with Crippen LogP contribution in [0.25, 0.3) is 0 Å². The van der Waals surface area contributed by atoms with Crippen LogP contribution >= 0.6 is 22.9 Å². The average molecular weight is 447 g/mol. The van der Waals surface area contributed by atoms with Gasteiger partial charge in [0.05, 0.1) is 10.8 Å². The number of amides is 2. The van der Waals surface area contributed by atoms with Crippen LogP contribution in [-0.4, -0.2) is 24.4 Å². The maximum absolute atomic E-state index is 12.6. The van der Waals surface area contributed by atoms with Crippen molar-refractivity contribution in [1.82, 2.24) is 16.0 Å². The molecule has 3 rings (SSSR count). The Balaban J connectivity index is 1.62. The van der Waals surface area contributed by atoms with Crippen LogP contribution in [0.15, 0.2) is 41.5 Å². The number of aryl methyl sites for hydroxylation is 1. The van der Waals surface area contributed by atoms with Crippen LogP contribution in [0.2, 0.25) is 4.34 Å². The molecule has 5 N–H and O–H groups in total. The molecule has 0 radical (unpaired) electrons. The summed E-state index contributed by atoms with van der Waals surface area (Å²) >= 11 is 7.51. The standard InChI is InChI=1S/C22H27ClN4O2S/c1-13-3-4-15(9-24)16(7-13)10-26-21(28)8-18-14(2)19(12-27-22(18)29)25-11-17-5-6-20(23)30-17/h3-7,19,25H,8-12,24H2,1-2H3,(H,26,28)(H,27,29). The van der Waals surface area contributed by atoms with Crippen molar-refractivity contribution in [2.45, 2.75) is 45.9 Å². The van der Waals surface area contributed by atoms with Gasteiger partial charge in [-0.1, -0.05) is 35.4 Å². The highest BCUT2D eigenvalue weighted by atomic mass is 35.5. The molecule has 0 saturated carbocycles. The molecule has 0 aliphatic carbocycles. The highest BCUT2D eigenvalue weighted by Gasteiger charge is 2.26. The van der Waals surface area contributed by atoms with Crippen molar-refractivity contribution in [1.29, 1.82) is 0 Å².